The lowest BCUT2D eigenvalue weighted by molar-refractivity contribution is -0.132. The van der Waals surface area contributed by atoms with E-state index in [9.17, 15) is 14.4 Å². The van der Waals surface area contributed by atoms with Crippen LogP contribution in [0.25, 0.3) is 0 Å². The zero-order valence-electron chi connectivity index (χ0n) is 27.5. The first-order valence-corrected chi connectivity index (χ1v) is 15.8. The second-order valence-electron chi connectivity index (χ2n) is 13.0. The van der Waals surface area contributed by atoms with Crippen molar-refractivity contribution in [2.75, 3.05) is 40.0 Å². The lowest BCUT2D eigenvalue weighted by Gasteiger charge is -2.32. The molecule has 45 heavy (non-hydrogen) atoms. The summed E-state index contributed by atoms with van der Waals surface area (Å²) in [6.07, 6.45) is 0.774. The summed E-state index contributed by atoms with van der Waals surface area (Å²) in [6.45, 7) is 12.3. The largest absolute Gasteiger partial charge is 0.497 e. The minimum absolute atomic E-state index is 0.0434. The first-order valence-electron chi connectivity index (χ1n) is 15.8. The maximum Gasteiger partial charge on any atom is 0.482 e. The first-order chi connectivity index (χ1) is 21.4. The molecule has 2 aliphatic rings. The quantitative estimate of drug-likeness (QED) is 0.310. The number of methoxy groups -OCH3 is 1. The number of carbonyl (C=O) groups is 3. The Labute approximate surface area is 267 Å². The zero-order chi connectivity index (χ0) is 32.6. The highest BCUT2D eigenvalue weighted by atomic mass is 16.7. The van der Waals surface area contributed by atoms with Gasteiger partial charge in [-0.1, -0.05) is 42.5 Å². The van der Waals surface area contributed by atoms with Gasteiger partial charge in [0.25, 0.3) is 0 Å². The molecular formula is C34H48BN3O7. The number of nitrogens with one attached hydrogen (secondary N) is 2. The lowest BCUT2D eigenvalue weighted by Crippen LogP contribution is -2.52. The first kappa shape index (κ1) is 34.6. The van der Waals surface area contributed by atoms with Gasteiger partial charge in [0.2, 0.25) is 11.8 Å². The Balaban J connectivity index is 1.50. The summed E-state index contributed by atoms with van der Waals surface area (Å²) >= 11 is 0. The van der Waals surface area contributed by atoms with Gasteiger partial charge >= 0.3 is 7.12 Å². The monoisotopic (exact) mass is 621 g/mol. The minimum atomic E-state index is -0.743. The van der Waals surface area contributed by atoms with Crippen LogP contribution in [0, 0.1) is 5.92 Å². The van der Waals surface area contributed by atoms with Crippen molar-refractivity contribution in [1.82, 2.24) is 15.5 Å². The number of Topliss-reactive ketones (excluding diaryl/α,β-unsaturated/α-hetero) is 1. The molecule has 2 N–H and O–H groups in total. The molecule has 0 aliphatic carbocycles. The summed E-state index contributed by atoms with van der Waals surface area (Å²) in [4.78, 5) is 42.3. The average Bonchev–Trinajstić information content (AvgIpc) is 3.23. The van der Waals surface area contributed by atoms with Crippen molar-refractivity contribution in [2.24, 2.45) is 5.92 Å². The molecule has 0 unspecified atom stereocenters. The molecule has 0 aromatic heterocycles. The standard InChI is InChI=1S/C34H48BN3O7/c1-24(36-31(40)23-38-16-18-43-19-17-38)29(39)22-27(20-26-12-14-28(42-6)15-13-26)32(41)37-30(21-25-10-8-7-9-11-25)35-44-33(2,3)34(4,5)45-35/h7-15,24,27,30H,16-23H2,1-6H3,(H,36,40)(H,37,41)/t24-,27+,30-/m0/s1. The highest BCUT2D eigenvalue weighted by Gasteiger charge is 2.54. The van der Waals surface area contributed by atoms with Crippen LogP contribution in [0.2, 0.25) is 0 Å². The van der Waals surface area contributed by atoms with Crippen molar-refractivity contribution in [2.45, 2.75) is 77.1 Å². The Morgan fingerprint density at radius 3 is 2.09 bits per heavy atom. The summed E-state index contributed by atoms with van der Waals surface area (Å²) in [5.41, 5.74) is 0.759. The smallest absolute Gasteiger partial charge is 0.482 e. The summed E-state index contributed by atoms with van der Waals surface area (Å²) in [5, 5.41) is 6.02. The molecular weight excluding hydrogens is 573 g/mol. The topological polar surface area (TPSA) is 115 Å². The number of morpholine rings is 1. The number of rotatable bonds is 14. The lowest BCUT2D eigenvalue weighted by atomic mass is 9.74. The fraction of sp³-hybridized carbons (Fsp3) is 0.559. The number of benzene rings is 2. The summed E-state index contributed by atoms with van der Waals surface area (Å²) in [6, 6.07) is 16.6. The van der Waals surface area contributed by atoms with Gasteiger partial charge in [-0.05, 0) is 70.7 Å². The number of nitrogens with zero attached hydrogens (tertiary/aromatic N) is 1. The number of amides is 2. The van der Waals surface area contributed by atoms with E-state index >= 15 is 0 Å². The van der Waals surface area contributed by atoms with E-state index in [2.05, 4.69) is 10.6 Å². The second kappa shape index (κ2) is 15.4. The predicted octanol–water partition coefficient (Wildman–Crippen LogP) is 3.01. The average molecular weight is 622 g/mol. The molecule has 4 rings (SSSR count). The molecule has 2 heterocycles. The maximum absolute atomic E-state index is 14.1. The molecule has 2 aromatic rings. The van der Waals surface area contributed by atoms with Gasteiger partial charge in [0, 0.05) is 25.4 Å². The molecule has 3 atom stereocenters. The van der Waals surface area contributed by atoms with Crippen molar-refractivity contribution in [3.63, 3.8) is 0 Å². The molecule has 0 saturated carbocycles. The molecule has 0 spiro atoms. The number of ketones is 1. The van der Waals surface area contributed by atoms with E-state index in [4.69, 9.17) is 18.8 Å². The van der Waals surface area contributed by atoms with Gasteiger partial charge < -0.3 is 29.4 Å². The summed E-state index contributed by atoms with van der Waals surface area (Å²) in [7, 11) is 0.913. The van der Waals surface area contributed by atoms with Gasteiger partial charge in [-0.2, -0.15) is 0 Å². The molecule has 2 saturated heterocycles. The van der Waals surface area contributed by atoms with E-state index < -0.39 is 36.2 Å². The predicted molar refractivity (Wildman–Crippen MR) is 173 cm³/mol. The van der Waals surface area contributed by atoms with Crippen LogP contribution < -0.4 is 15.4 Å². The van der Waals surface area contributed by atoms with Crippen LogP contribution in [0.1, 0.15) is 52.2 Å². The van der Waals surface area contributed by atoms with Crippen LogP contribution >= 0.6 is 0 Å². The van der Waals surface area contributed by atoms with Crippen molar-refractivity contribution in [3.05, 3.63) is 65.7 Å². The normalized spacial score (nSPS) is 19.7. The van der Waals surface area contributed by atoms with E-state index in [-0.39, 0.29) is 30.6 Å². The number of hydrogen-bond acceptors (Lipinski definition) is 8. The van der Waals surface area contributed by atoms with E-state index in [1.54, 1.807) is 14.0 Å². The van der Waals surface area contributed by atoms with Gasteiger partial charge in [-0.25, -0.2) is 0 Å². The molecule has 2 fully saturated rings. The van der Waals surface area contributed by atoms with Crippen molar-refractivity contribution < 1.29 is 33.2 Å². The number of ether oxygens (including phenoxy) is 2. The Hall–Kier alpha value is -3.25. The molecule has 2 aliphatic heterocycles. The van der Waals surface area contributed by atoms with E-state index in [0.717, 1.165) is 11.1 Å². The molecule has 0 radical (unpaired) electrons. The van der Waals surface area contributed by atoms with Gasteiger partial charge in [0.1, 0.15) is 5.75 Å². The van der Waals surface area contributed by atoms with Crippen molar-refractivity contribution in [3.8, 4) is 5.75 Å². The van der Waals surface area contributed by atoms with Gasteiger partial charge in [-0.15, -0.1) is 0 Å². The van der Waals surface area contributed by atoms with Gasteiger partial charge in [0.05, 0.1) is 50.1 Å². The third-order valence-electron chi connectivity index (χ3n) is 9.02. The highest BCUT2D eigenvalue weighted by Crippen LogP contribution is 2.38. The van der Waals surface area contributed by atoms with E-state index in [1.807, 2.05) is 87.2 Å². The number of carbonyl (C=O) groups excluding carboxylic acids is 3. The maximum atomic E-state index is 14.1. The molecule has 2 amide bonds. The molecule has 0 bridgehead atoms. The van der Waals surface area contributed by atoms with Crippen LogP contribution in [-0.4, -0.2) is 92.8 Å². The third kappa shape index (κ3) is 9.62. The van der Waals surface area contributed by atoms with Crippen LogP contribution in [-0.2, 0) is 41.3 Å². The Morgan fingerprint density at radius 1 is 0.889 bits per heavy atom. The Bertz CT molecular complexity index is 1270. The molecule has 244 valence electrons. The summed E-state index contributed by atoms with van der Waals surface area (Å²) < 4.78 is 23.4. The minimum Gasteiger partial charge on any atom is -0.497 e. The van der Waals surface area contributed by atoms with Crippen LogP contribution in [0.5, 0.6) is 5.75 Å². The van der Waals surface area contributed by atoms with Crippen LogP contribution in [0.3, 0.4) is 0 Å². The fourth-order valence-corrected chi connectivity index (χ4v) is 5.49. The van der Waals surface area contributed by atoms with Crippen LogP contribution in [0.15, 0.2) is 54.6 Å². The highest BCUT2D eigenvalue weighted by molar-refractivity contribution is 6.48. The fourth-order valence-electron chi connectivity index (χ4n) is 5.49. The Morgan fingerprint density at radius 2 is 1.49 bits per heavy atom. The summed E-state index contributed by atoms with van der Waals surface area (Å²) in [5.74, 6) is -1.20. The zero-order valence-corrected chi connectivity index (χ0v) is 27.5. The van der Waals surface area contributed by atoms with Crippen LogP contribution in [0.4, 0.5) is 0 Å². The molecule has 2 aromatic carbocycles. The second-order valence-corrected chi connectivity index (χ2v) is 13.0. The van der Waals surface area contributed by atoms with Crippen molar-refractivity contribution >= 4 is 24.7 Å². The molecule has 11 heteroatoms. The number of hydrogen-bond donors (Lipinski definition) is 2. The third-order valence-corrected chi connectivity index (χ3v) is 9.02. The molecule has 10 nitrogen and oxygen atoms in total. The van der Waals surface area contributed by atoms with E-state index in [1.165, 1.54) is 0 Å². The SMILES string of the molecule is COc1ccc(C[C@H](CC(=O)[C@H](C)NC(=O)CN2CCOCC2)C(=O)N[C@@H](Cc2ccccc2)B2OC(C)(C)C(C)(C)O2)cc1. The van der Waals surface area contributed by atoms with Gasteiger partial charge in [0.15, 0.2) is 5.78 Å². The van der Waals surface area contributed by atoms with Gasteiger partial charge in [-0.3, -0.25) is 19.3 Å². The van der Waals surface area contributed by atoms with E-state index in [0.29, 0.717) is 44.9 Å². The van der Waals surface area contributed by atoms with Crippen molar-refractivity contribution in [1.29, 1.82) is 0 Å². The Kier molecular flexibility index (Phi) is 11.8.